The Kier molecular flexibility index (Phi) is 16.0. The van der Waals surface area contributed by atoms with Gasteiger partial charge in [-0.3, -0.25) is 24.4 Å². The lowest BCUT2D eigenvalue weighted by Gasteiger charge is -2.16. The van der Waals surface area contributed by atoms with Gasteiger partial charge in [0.25, 0.3) is 0 Å². The molecule has 8 rings (SSSR count). The highest BCUT2D eigenvalue weighted by Gasteiger charge is 2.25. The van der Waals surface area contributed by atoms with E-state index in [2.05, 4.69) is 9.97 Å². The van der Waals surface area contributed by atoms with Crippen LogP contribution in [0, 0.1) is 11.6 Å². The van der Waals surface area contributed by atoms with Crippen LogP contribution in [0.15, 0.2) is 122 Å². The van der Waals surface area contributed by atoms with E-state index in [1.807, 2.05) is 79.4 Å². The number of aromatic carboxylic acids is 1. The monoisotopic (exact) mass is 839 g/mol. The number of amides is 2. The highest BCUT2D eigenvalue weighted by Crippen LogP contribution is 2.35. The van der Waals surface area contributed by atoms with Crippen LogP contribution in [0.25, 0.3) is 22.3 Å². The molecule has 2 amide bonds. The van der Waals surface area contributed by atoms with Crippen molar-refractivity contribution in [2.24, 2.45) is 5.73 Å². The number of fused-ring (bicyclic) bond motifs is 2. The van der Waals surface area contributed by atoms with Crippen molar-refractivity contribution in [2.75, 3.05) is 22.9 Å². The summed E-state index contributed by atoms with van der Waals surface area (Å²) in [5.41, 5.74) is 14.1. The highest BCUT2D eigenvalue weighted by molar-refractivity contribution is 5.98. The highest BCUT2D eigenvalue weighted by atomic mass is 19.1. The van der Waals surface area contributed by atoms with Gasteiger partial charge < -0.3 is 20.6 Å². The Morgan fingerprint density at radius 2 is 1.10 bits per heavy atom. The zero-order valence-electron chi connectivity index (χ0n) is 34.1. The van der Waals surface area contributed by atoms with Crippen LogP contribution in [0.1, 0.15) is 83.5 Å². The predicted octanol–water partition coefficient (Wildman–Crippen LogP) is 9.67. The molecule has 0 saturated carbocycles. The lowest BCUT2D eigenvalue weighted by molar-refractivity contribution is -0.119. The molecule has 4 heterocycles. The lowest BCUT2D eigenvalue weighted by atomic mass is 9.97. The van der Waals surface area contributed by atoms with E-state index >= 15 is 0 Å². The van der Waals surface area contributed by atoms with Crippen molar-refractivity contribution in [1.29, 1.82) is 0 Å². The van der Waals surface area contributed by atoms with Gasteiger partial charge in [-0.05, 0) is 124 Å². The van der Waals surface area contributed by atoms with E-state index in [0.29, 0.717) is 44.5 Å². The summed E-state index contributed by atoms with van der Waals surface area (Å²) in [4.78, 5) is 58.8. The maximum Gasteiger partial charge on any atom is 0.338 e. The van der Waals surface area contributed by atoms with E-state index in [9.17, 15) is 28.0 Å². The zero-order chi connectivity index (χ0) is 43.5. The maximum absolute atomic E-state index is 14.7. The number of pyridine rings is 2. The molecule has 2 aliphatic rings. The number of aryl methyl sites for hydroxylation is 1. The van der Waals surface area contributed by atoms with Gasteiger partial charge in [0.2, 0.25) is 11.8 Å². The van der Waals surface area contributed by atoms with Crippen LogP contribution in [0.5, 0.6) is 0 Å². The van der Waals surface area contributed by atoms with Crippen LogP contribution in [0.4, 0.5) is 20.2 Å². The first kappa shape index (κ1) is 46.2. The number of hydrogen-bond donors (Lipinski definition) is 2. The van der Waals surface area contributed by atoms with Gasteiger partial charge in [-0.25, -0.2) is 13.6 Å². The molecular formula is C50H51F2N5O5. The number of halogens is 2. The first-order valence-corrected chi connectivity index (χ1v) is 20.2. The Morgan fingerprint density at radius 3 is 1.50 bits per heavy atom. The van der Waals surface area contributed by atoms with Gasteiger partial charge in [0.1, 0.15) is 11.6 Å². The number of carbonyl (C=O) groups excluding carboxylic acids is 3. The molecule has 0 radical (unpaired) electrons. The second kappa shape index (κ2) is 21.6. The number of carboxylic acid groups (broad SMARTS) is 1. The standard InChI is InChI=1S/C25H23FN2O2.C18H16FNO3.C6H8N2.CH4/c1-2-25(30)28-13-11-20-14-18(7-9-23(20)28)19-6-8-21(22(26)15-19)24(29)10-5-17-4-3-12-27-16-17;1-2-17(21)20-8-7-13-9-11(4-6-16(13)20)12-3-5-14(18(22)23)15(19)10-12;7-4-6-2-1-3-8-5-6;/h3-4,6-9,12,14-16H,2,5,10-11,13H2,1H3;3-6,9-10H,2,7-8H2,1H3,(H,22,23);1-3,5H,4,7H2;1H4. The third-order valence-corrected chi connectivity index (χ3v) is 10.6. The van der Waals surface area contributed by atoms with Gasteiger partial charge >= 0.3 is 5.97 Å². The van der Waals surface area contributed by atoms with Gasteiger partial charge in [0, 0.05) is 75.1 Å². The molecule has 320 valence electrons. The molecule has 0 saturated heterocycles. The first-order chi connectivity index (χ1) is 29.5. The fraction of sp³-hybridized carbons (Fsp3) is 0.240. The zero-order valence-corrected chi connectivity index (χ0v) is 34.1. The average molecular weight is 840 g/mol. The molecule has 2 aliphatic heterocycles. The van der Waals surface area contributed by atoms with Crippen molar-refractivity contribution in [3.05, 3.63) is 167 Å². The van der Waals surface area contributed by atoms with Crippen molar-refractivity contribution in [2.45, 2.75) is 66.3 Å². The number of ketones is 1. The van der Waals surface area contributed by atoms with Gasteiger partial charge in [-0.15, -0.1) is 0 Å². The molecule has 0 spiro atoms. The minimum Gasteiger partial charge on any atom is -0.478 e. The summed E-state index contributed by atoms with van der Waals surface area (Å²) in [6.07, 6.45) is 10.2. The second-order valence-electron chi connectivity index (χ2n) is 14.5. The molecular weight excluding hydrogens is 789 g/mol. The van der Waals surface area contributed by atoms with E-state index in [-0.39, 0.29) is 42.6 Å². The number of carbonyl (C=O) groups is 4. The average Bonchev–Trinajstić information content (AvgIpc) is 3.93. The van der Waals surface area contributed by atoms with E-state index in [4.69, 9.17) is 10.8 Å². The normalized spacial score (nSPS) is 12.1. The minimum absolute atomic E-state index is 0. The summed E-state index contributed by atoms with van der Waals surface area (Å²) in [7, 11) is 0. The first-order valence-electron chi connectivity index (χ1n) is 20.2. The van der Waals surface area contributed by atoms with Crippen LogP contribution in [-0.2, 0) is 35.4 Å². The fourth-order valence-corrected chi connectivity index (χ4v) is 7.31. The van der Waals surface area contributed by atoms with Gasteiger partial charge in [0.15, 0.2) is 5.78 Å². The third kappa shape index (κ3) is 11.1. The Bertz CT molecular complexity index is 2530. The maximum atomic E-state index is 14.7. The van der Waals surface area contributed by atoms with E-state index in [1.165, 1.54) is 18.2 Å². The summed E-state index contributed by atoms with van der Waals surface area (Å²) >= 11 is 0. The number of aromatic nitrogens is 2. The van der Waals surface area contributed by atoms with Crippen molar-refractivity contribution in [3.63, 3.8) is 0 Å². The van der Waals surface area contributed by atoms with Crippen molar-refractivity contribution in [1.82, 2.24) is 9.97 Å². The lowest BCUT2D eigenvalue weighted by Crippen LogP contribution is -2.27. The van der Waals surface area contributed by atoms with Crippen LogP contribution in [0.2, 0.25) is 0 Å². The predicted molar refractivity (Wildman–Crippen MR) is 239 cm³/mol. The smallest absolute Gasteiger partial charge is 0.338 e. The summed E-state index contributed by atoms with van der Waals surface area (Å²) in [5, 5.41) is 8.88. The molecule has 0 bridgehead atoms. The summed E-state index contributed by atoms with van der Waals surface area (Å²) in [6, 6.07) is 27.9. The Labute approximate surface area is 361 Å². The SMILES string of the molecule is C.CCC(=O)N1CCc2cc(-c3ccc(C(=O)CCc4cccnc4)c(F)c3)ccc21.CCC(=O)N1CCc2cc(-c3ccc(C(=O)O)c(F)c3)ccc21.NCc1cccnc1. The Morgan fingerprint density at radius 1 is 0.645 bits per heavy atom. The van der Waals surface area contributed by atoms with Crippen molar-refractivity contribution < 1.29 is 33.1 Å². The molecule has 4 aromatic carbocycles. The largest absolute Gasteiger partial charge is 0.478 e. The fourth-order valence-electron chi connectivity index (χ4n) is 7.31. The summed E-state index contributed by atoms with van der Waals surface area (Å²) in [5.74, 6) is -2.55. The third-order valence-electron chi connectivity index (χ3n) is 10.6. The topological polar surface area (TPSA) is 147 Å². The number of carboxylic acids is 1. The summed E-state index contributed by atoms with van der Waals surface area (Å²) in [6.45, 7) is 5.62. The van der Waals surface area contributed by atoms with Crippen LogP contribution in [-0.4, -0.2) is 51.7 Å². The van der Waals surface area contributed by atoms with E-state index in [0.717, 1.165) is 63.2 Å². The Balaban J connectivity index is 0.000000200. The van der Waals surface area contributed by atoms with Crippen LogP contribution in [0.3, 0.4) is 0 Å². The number of rotatable bonds is 10. The number of nitrogens with zero attached hydrogens (tertiary/aromatic N) is 4. The van der Waals surface area contributed by atoms with Gasteiger partial charge in [0.05, 0.1) is 11.1 Å². The molecule has 12 heteroatoms. The molecule has 2 aromatic heterocycles. The molecule has 10 nitrogen and oxygen atoms in total. The molecule has 0 unspecified atom stereocenters. The second-order valence-corrected chi connectivity index (χ2v) is 14.5. The van der Waals surface area contributed by atoms with E-state index in [1.54, 1.807) is 47.9 Å². The summed E-state index contributed by atoms with van der Waals surface area (Å²) < 4.78 is 28.6. The molecule has 0 aliphatic carbocycles. The quantitative estimate of drug-likeness (QED) is 0.130. The molecule has 3 N–H and O–H groups in total. The number of benzene rings is 4. The number of Topliss-reactive ketones (excluding diaryl/α,β-unsaturated/α-hetero) is 1. The number of anilines is 2. The number of hydrogen-bond acceptors (Lipinski definition) is 7. The molecule has 0 fully saturated rings. The molecule has 0 atom stereocenters. The minimum atomic E-state index is -1.28. The van der Waals surface area contributed by atoms with Gasteiger partial charge in [-0.2, -0.15) is 0 Å². The Hall–Kier alpha value is -6.92. The van der Waals surface area contributed by atoms with Gasteiger partial charge in [-0.1, -0.05) is 57.7 Å². The van der Waals surface area contributed by atoms with Crippen LogP contribution < -0.4 is 15.5 Å². The van der Waals surface area contributed by atoms with Crippen molar-refractivity contribution in [3.8, 4) is 22.3 Å². The molecule has 62 heavy (non-hydrogen) atoms. The molecule has 6 aromatic rings. The van der Waals surface area contributed by atoms with E-state index < -0.39 is 17.6 Å². The number of nitrogens with two attached hydrogens (primary N) is 1. The van der Waals surface area contributed by atoms with Crippen LogP contribution >= 0.6 is 0 Å². The van der Waals surface area contributed by atoms with Crippen molar-refractivity contribution >= 4 is 34.9 Å².